The molecule has 2 aromatic carbocycles. The van der Waals surface area contributed by atoms with Crippen molar-refractivity contribution in [3.8, 4) is 17.0 Å². The molecule has 0 fully saturated rings. The van der Waals surface area contributed by atoms with Crippen LogP contribution in [-0.4, -0.2) is 20.7 Å². The molecule has 0 radical (unpaired) electrons. The van der Waals surface area contributed by atoms with E-state index in [-0.39, 0.29) is 5.75 Å². The summed E-state index contributed by atoms with van der Waals surface area (Å²) in [6, 6.07) is 17.4. The van der Waals surface area contributed by atoms with Gasteiger partial charge in [0.1, 0.15) is 11.4 Å². The van der Waals surface area contributed by atoms with E-state index in [0.29, 0.717) is 10.0 Å². The summed E-state index contributed by atoms with van der Waals surface area (Å²) >= 11 is 6.76. The number of halogens is 2. The number of nitrogens with zero attached hydrogens (tertiary/aromatic N) is 3. The number of phenolic OH excluding ortho intramolecular Hbond substituents is 1. The molecule has 0 unspecified atom stereocenters. The molecule has 6 heteroatoms. The van der Waals surface area contributed by atoms with Gasteiger partial charge in [0.05, 0.1) is 10.2 Å². The van der Waals surface area contributed by atoms with Gasteiger partial charge in [-0.25, -0.2) is 4.98 Å². The van der Waals surface area contributed by atoms with Crippen molar-refractivity contribution in [3.05, 3.63) is 81.5 Å². The van der Waals surface area contributed by atoms with Gasteiger partial charge >= 0.3 is 0 Å². The van der Waals surface area contributed by atoms with Gasteiger partial charge in [0.15, 0.2) is 5.65 Å². The molecule has 2 heterocycles. The minimum atomic E-state index is 0.150. The fourth-order valence-electron chi connectivity index (χ4n) is 2.67. The Balaban J connectivity index is 1.77. The molecule has 0 aliphatic heterocycles. The van der Waals surface area contributed by atoms with Gasteiger partial charge in [-0.15, -0.1) is 0 Å². The van der Waals surface area contributed by atoms with Crippen LogP contribution in [0.4, 0.5) is 5.69 Å². The first kappa shape index (κ1) is 17.0. The highest BCUT2D eigenvalue weighted by Crippen LogP contribution is 2.31. The third kappa shape index (κ3) is 3.30. The van der Waals surface area contributed by atoms with Crippen LogP contribution in [-0.2, 0) is 0 Å². The lowest BCUT2D eigenvalue weighted by atomic mass is 10.2. The van der Waals surface area contributed by atoms with Crippen LogP contribution in [0.5, 0.6) is 5.75 Å². The molecular weight excluding hydrogens is 458 g/mol. The number of hydrogen-bond donors (Lipinski definition) is 1. The smallest absolute Gasteiger partial charge is 0.163 e. The molecule has 4 rings (SSSR count). The molecule has 1 N–H and O–H groups in total. The van der Waals surface area contributed by atoms with Crippen molar-refractivity contribution < 1.29 is 5.11 Å². The molecule has 128 valence electrons. The largest absolute Gasteiger partial charge is 0.506 e. The molecule has 26 heavy (non-hydrogen) atoms. The van der Waals surface area contributed by atoms with Gasteiger partial charge in [-0.2, -0.15) is 0 Å². The zero-order valence-electron chi connectivity index (χ0n) is 13.5. The van der Waals surface area contributed by atoms with Gasteiger partial charge in [0, 0.05) is 34.2 Å². The fourth-order valence-corrected chi connectivity index (χ4v) is 3.93. The number of imidazole rings is 1. The highest BCUT2D eigenvalue weighted by atomic mass is 79.9. The van der Waals surface area contributed by atoms with Crippen molar-refractivity contribution >= 4 is 49.4 Å². The van der Waals surface area contributed by atoms with Gasteiger partial charge in [-0.1, -0.05) is 46.3 Å². The van der Waals surface area contributed by atoms with Crippen LogP contribution in [0.15, 0.2) is 80.9 Å². The van der Waals surface area contributed by atoms with E-state index >= 15 is 0 Å². The quantitative estimate of drug-likeness (QED) is 0.374. The first-order valence-corrected chi connectivity index (χ1v) is 9.45. The third-order valence-electron chi connectivity index (χ3n) is 3.93. The Bertz CT molecular complexity index is 1120. The third-order valence-corrected chi connectivity index (χ3v) is 4.99. The van der Waals surface area contributed by atoms with Crippen molar-refractivity contribution in [1.82, 2.24) is 9.38 Å². The molecule has 0 atom stereocenters. The second-order valence-corrected chi connectivity index (χ2v) is 7.47. The zero-order chi connectivity index (χ0) is 18.1. The lowest BCUT2D eigenvalue weighted by Gasteiger charge is -2.03. The van der Waals surface area contributed by atoms with Crippen molar-refractivity contribution in [2.24, 2.45) is 4.99 Å². The Labute approximate surface area is 167 Å². The maximum absolute atomic E-state index is 10.2. The van der Waals surface area contributed by atoms with E-state index in [4.69, 9.17) is 4.98 Å². The molecule has 0 aliphatic carbocycles. The molecule has 4 nitrogen and oxygen atoms in total. The summed E-state index contributed by atoms with van der Waals surface area (Å²) in [5.74, 6) is 0.150. The number of hydrogen-bond acceptors (Lipinski definition) is 3. The first-order chi connectivity index (χ1) is 12.6. The van der Waals surface area contributed by atoms with Crippen molar-refractivity contribution in [2.75, 3.05) is 0 Å². The SMILES string of the molecule is Oc1c(Br)cc(Br)cc1C=Nc1cccn2cc(-c3ccccc3)nc12. The highest BCUT2D eigenvalue weighted by Gasteiger charge is 2.08. The minimum Gasteiger partial charge on any atom is -0.506 e. The number of aromatic hydroxyl groups is 1. The summed E-state index contributed by atoms with van der Waals surface area (Å²) in [5.41, 5.74) is 4.05. The number of fused-ring (bicyclic) bond motifs is 1. The van der Waals surface area contributed by atoms with E-state index < -0.39 is 0 Å². The molecule has 0 saturated heterocycles. The number of aromatic nitrogens is 2. The normalized spacial score (nSPS) is 11.5. The summed E-state index contributed by atoms with van der Waals surface area (Å²) < 4.78 is 3.42. The topological polar surface area (TPSA) is 49.9 Å². The van der Waals surface area contributed by atoms with E-state index in [1.807, 2.05) is 65.3 Å². The Hall–Kier alpha value is -2.44. The van der Waals surface area contributed by atoms with Crippen LogP contribution in [0.1, 0.15) is 5.56 Å². The Morgan fingerprint density at radius 1 is 1.04 bits per heavy atom. The predicted octanol–water partition coefficient (Wildman–Crippen LogP) is 5.98. The summed E-state index contributed by atoms with van der Waals surface area (Å²) in [7, 11) is 0. The molecule has 0 aliphatic rings. The van der Waals surface area contributed by atoms with E-state index in [9.17, 15) is 5.11 Å². The molecule has 4 aromatic rings. The summed E-state index contributed by atoms with van der Waals surface area (Å²) in [4.78, 5) is 9.27. The Kier molecular flexibility index (Phi) is 4.61. The summed E-state index contributed by atoms with van der Waals surface area (Å²) in [6.45, 7) is 0. The molecular formula is C20H13Br2N3O. The van der Waals surface area contributed by atoms with E-state index in [0.717, 1.165) is 27.1 Å². The standard InChI is InChI=1S/C20H13Br2N3O/c21-15-9-14(19(26)16(22)10-15)11-23-17-7-4-8-25-12-18(24-20(17)25)13-5-2-1-3-6-13/h1-12,26H. The first-order valence-electron chi connectivity index (χ1n) is 7.87. The van der Waals surface area contributed by atoms with E-state index in [1.54, 1.807) is 12.3 Å². The van der Waals surface area contributed by atoms with Gasteiger partial charge in [-0.3, -0.25) is 4.99 Å². The second-order valence-electron chi connectivity index (χ2n) is 5.70. The van der Waals surface area contributed by atoms with Crippen molar-refractivity contribution in [1.29, 1.82) is 0 Å². The minimum absolute atomic E-state index is 0.150. The zero-order valence-corrected chi connectivity index (χ0v) is 16.6. The summed E-state index contributed by atoms with van der Waals surface area (Å²) in [5, 5.41) is 10.2. The second kappa shape index (κ2) is 7.05. The Morgan fingerprint density at radius 3 is 2.65 bits per heavy atom. The van der Waals surface area contributed by atoms with Crippen LogP contribution in [0, 0.1) is 0 Å². The Morgan fingerprint density at radius 2 is 1.85 bits per heavy atom. The lowest BCUT2D eigenvalue weighted by molar-refractivity contribution is 0.471. The number of phenols is 1. The molecule has 2 aromatic heterocycles. The number of aliphatic imine (C=N–C) groups is 1. The van der Waals surface area contributed by atoms with Crippen LogP contribution in [0.3, 0.4) is 0 Å². The molecule has 0 amide bonds. The molecule has 0 saturated carbocycles. The monoisotopic (exact) mass is 469 g/mol. The average molecular weight is 471 g/mol. The van der Waals surface area contributed by atoms with Gasteiger partial charge < -0.3 is 9.51 Å². The lowest BCUT2D eigenvalue weighted by Crippen LogP contribution is -1.86. The van der Waals surface area contributed by atoms with Gasteiger partial charge in [0.2, 0.25) is 0 Å². The van der Waals surface area contributed by atoms with Crippen LogP contribution >= 0.6 is 31.9 Å². The average Bonchev–Trinajstić information content (AvgIpc) is 3.09. The van der Waals surface area contributed by atoms with Gasteiger partial charge in [-0.05, 0) is 40.2 Å². The van der Waals surface area contributed by atoms with Crippen LogP contribution in [0.25, 0.3) is 16.9 Å². The van der Waals surface area contributed by atoms with Gasteiger partial charge in [0.25, 0.3) is 0 Å². The van der Waals surface area contributed by atoms with E-state index in [1.165, 1.54) is 0 Å². The highest BCUT2D eigenvalue weighted by molar-refractivity contribution is 9.11. The van der Waals surface area contributed by atoms with Crippen molar-refractivity contribution in [2.45, 2.75) is 0 Å². The fraction of sp³-hybridized carbons (Fsp3) is 0. The maximum Gasteiger partial charge on any atom is 0.163 e. The van der Waals surface area contributed by atoms with E-state index in [2.05, 4.69) is 36.9 Å². The van der Waals surface area contributed by atoms with Crippen LogP contribution in [0.2, 0.25) is 0 Å². The molecule has 0 spiro atoms. The predicted molar refractivity (Wildman–Crippen MR) is 111 cm³/mol. The molecule has 0 bridgehead atoms. The van der Waals surface area contributed by atoms with Crippen molar-refractivity contribution in [3.63, 3.8) is 0 Å². The number of pyridine rings is 1. The summed E-state index contributed by atoms with van der Waals surface area (Å²) in [6.07, 6.45) is 5.56. The van der Waals surface area contributed by atoms with Crippen LogP contribution < -0.4 is 0 Å². The number of benzene rings is 2. The maximum atomic E-state index is 10.2. The number of rotatable bonds is 3.